The molecule has 0 amide bonds. The van der Waals surface area contributed by atoms with Gasteiger partial charge in [0.1, 0.15) is 0 Å². The van der Waals surface area contributed by atoms with Crippen molar-refractivity contribution in [2.45, 2.75) is 19.3 Å². The van der Waals surface area contributed by atoms with E-state index in [0.717, 1.165) is 18.9 Å². The lowest BCUT2D eigenvalue weighted by molar-refractivity contribution is 0.615. The standard InChI is InChI=1S/C10H15FN4/c1-12-10-14-6-8(11)9(15-10)13-5-4-7-2-3-7/h6-7H,2-5H2,1H3,(H2,12,13,14,15). The first-order valence-electron chi connectivity index (χ1n) is 5.23. The Morgan fingerprint density at radius 1 is 1.53 bits per heavy atom. The van der Waals surface area contributed by atoms with E-state index in [1.54, 1.807) is 7.05 Å². The third-order valence-corrected chi connectivity index (χ3v) is 2.51. The zero-order chi connectivity index (χ0) is 10.7. The Bertz CT molecular complexity index is 338. The molecule has 2 rings (SSSR count). The van der Waals surface area contributed by atoms with Crippen LogP contribution in [0.5, 0.6) is 0 Å². The molecule has 1 fully saturated rings. The van der Waals surface area contributed by atoms with Crippen molar-refractivity contribution < 1.29 is 4.39 Å². The second-order valence-corrected chi connectivity index (χ2v) is 3.80. The number of halogens is 1. The molecule has 0 saturated heterocycles. The van der Waals surface area contributed by atoms with E-state index in [9.17, 15) is 4.39 Å². The monoisotopic (exact) mass is 210 g/mol. The number of nitrogens with zero attached hydrogens (tertiary/aromatic N) is 2. The van der Waals surface area contributed by atoms with E-state index in [0.29, 0.717) is 5.95 Å². The SMILES string of the molecule is CNc1ncc(F)c(NCCC2CC2)n1. The number of anilines is 2. The largest absolute Gasteiger partial charge is 0.367 e. The van der Waals surface area contributed by atoms with Crippen LogP contribution in [-0.2, 0) is 0 Å². The summed E-state index contributed by atoms with van der Waals surface area (Å²) in [5, 5.41) is 5.77. The molecular formula is C10H15FN4. The number of hydrogen-bond donors (Lipinski definition) is 2. The van der Waals surface area contributed by atoms with E-state index in [2.05, 4.69) is 20.6 Å². The first kappa shape index (κ1) is 10.1. The van der Waals surface area contributed by atoms with Crippen LogP contribution in [0.25, 0.3) is 0 Å². The molecule has 0 unspecified atom stereocenters. The maximum absolute atomic E-state index is 13.2. The Kier molecular flexibility index (Phi) is 2.99. The summed E-state index contributed by atoms with van der Waals surface area (Å²) in [5.41, 5.74) is 0. The Morgan fingerprint density at radius 2 is 2.33 bits per heavy atom. The van der Waals surface area contributed by atoms with Crippen LogP contribution in [-0.4, -0.2) is 23.6 Å². The maximum Gasteiger partial charge on any atom is 0.224 e. The van der Waals surface area contributed by atoms with Crippen LogP contribution < -0.4 is 10.6 Å². The average Bonchev–Trinajstić information content (AvgIpc) is 3.05. The highest BCUT2D eigenvalue weighted by Crippen LogP contribution is 2.32. The lowest BCUT2D eigenvalue weighted by atomic mass is 10.3. The Morgan fingerprint density at radius 3 is 3.00 bits per heavy atom. The molecule has 0 aromatic carbocycles. The van der Waals surface area contributed by atoms with Crippen LogP contribution in [0.4, 0.5) is 16.2 Å². The molecule has 0 atom stereocenters. The number of hydrogen-bond acceptors (Lipinski definition) is 4. The molecule has 4 nitrogen and oxygen atoms in total. The first-order valence-corrected chi connectivity index (χ1v) is 5.23. The van der Waals surface area contributed by atoms with Crippen molar-refractivity contribution in [3.05, 3.63) is 12.0 Å². The molecule has 0 radical (unpaired) electrons. The summed E-state index contributed by atoms with van der Waals surface area (Å²) in [4.78, 5) is 7.78. The Balaban J connectivity index is 1.92. The smallest absolute Gasteiger partial charge is 0.224 e. The molecule has 0 spiro atoms. The van der Waals surface area contributed by atoms with Crippen molar-refractivity contribution in [1.82, 2.24) is 9.97 Å². The van der Waals surface area contributed by atoms with Gasteiger partial charge in [0.2, 0.25) is 5.95 Å². The fourth-order valence-corrected chi connectivity index (χ4v) is 1.41. The predicted octanol–water partition coefficient (Wildman–Crippen LogP) is 1.87. The van der Waals surface area contributed by atoms with Gasteiger partial charge < -0.3 is 10.6 Å². The Hall–Kier alpha value is -1.39. The lowest BCUT2D eigenvalue weighted by Crippen LogP contribution is -2.08. The van der Waals surface area contributed by atoms with Crippen LogP contribution >= 0.6 is 0 Å². The van der Waals surface area contributed by atoms with E-state index in [-0.39, 0.29) is 5.82 Å². The molecule has 82 valence electrons. The molecule has 1 saturated carbocycles. The van der Waals surface area contributed by atoms with Crippen molar-refractivity contribution in [3.8, 4) is 0 Å². The minimum Gasteiger partial charge on any atom is -0.367 e. The van der Waals surface area contributed by atoms with E-state index in [1.165, 1.54) is 19.0 Å². The zero-order valence-electron chi connectivity index (χ0n) is 8.76. The molecule has 2 N–H and O–H groups in total. The fourth-order valence-electron chi connectivity index (χ4n) is 1.41. The number of aromatic nitrogens is 2. The zero-order valence-corrected chi connectivity index (χ0v) is 8.76. The highest BCUT2D eigenvalue weighted by Gasteiger charge is 2.20. The molecule has 1 heterocycles. The van der Waals surface area contributed by atoms with Crippen molar-refractivity contribution >= 4 is 11.8 Å². The van der Waals surface area contributed by atoms with Gasteiger partial charge in [0.05, 0.1) is 6.20 Å². The molecule has 1 aromatic rings. The third-order valence-electron chi connectivity index (χ3n) is 2.51. The predicted molar refractivity (Wildman–Crippen MR) is 57.4 cm³/mol. The van der Waals surface area contributed by atoms with Crippen LogP contribution in [0.2, 0.25) is 0 Å². The molecule has 0 bridgehead atoms. The van der Waals surface area contributed by atoms with Gasteiger partial charge in [-0.1, -0.05) is 12.8 Å². The lowest BCUT2D eigenvalue weighted by Gasteiger charge is -2.07. The second-order valence-electron chi connectivity index (χ2n) is 3.80. The molecule has 5 heteroatoms. The van der Waals surface area contributed by atoms with E-state index < -0.39 is 5.82 Å². The summed E-state index contributed by atoms with van der Waals surface area (Å²) in [6, 6.07) is 0. The molecule has 0 aliphatic heterocycles. The summed E-state index contributed by atoms with van der Waals surface area (Å²) >= 11 is 0. The van der Waals surface area contributed by atoms with Crippen molar-refractivity contribution in [1.29, 1.82) is 0 Å². The van der Waals surface area contributed by atoms with E-state index in [4.69, 9.17) is 0 Å². The molecule has 15 heavy (non-hydrogen) atoms. The third kappa shape index (κ3) is 2.78. The van der Waals surface area contributed by atoms with Crippen LogP contribution in [0, 0.1) is 11.7 Å². The van der Waals surface area contributed by atoms with Gasteiger partial charge >= 0.3 is 0 Å². The highest BCUT2D eigenvalue weighted by atomic mass is 19.1. The van der Waals surface area contributed by atoms with Crippen molar-refractivity contribution in [2.24, 2.45) is 5.92 Å². The maximum atomic E-state index is 13.2. The van der Waals surface area contributed by atoms with Crippen molar-refractivity contribution in [2.75, 3.05) is 24.2 Å². The average molecular weight is 210 g/mol. The summed E-state index contributed by atoms with van der Waals surface area (Å²) in [6.45, 7) is 0.780. The normalized spacial score (nSPS) is 15.1. The second kappa shape index (κ2) is 4.42. The van der Waals surface area contributed by atoms with Gasteiger partial charge in [-0.3, -0.25) is 0 Å². The number of nitrogens with one attached hydrogen (secondary N) is 2. The van der Waals surface area contributed by atoms with Gasteiger partial charge in [-0.25, -0.2) is 9.37 Å². The summed E-state index contributed by atoms with van der Waals surface area (Å²) in [5.74, 6) is 1.16. The van der Waals surface area contributed by atoms with Crippen LogP contribution in [0.1, 0.15) is 19.3 Å². The molecule has 1 aliphatic carbocycles. The van der Waals surface area contributed by atoms with Gasteiger partial charge in [-0.2, -0.15) is 4.98 Å². The van der Waals surface area contributed by atoms with Crippen molar-refractivity contribution in [3.63, 3.8) is 0 Å². The van der Waals surface area contributed by atoms with E-state index in [1.807, 2.05) is 0 Å². The van der Waals surface area contributed by atoms with E-state index >= 15 is 0 Å². The Labute approximate surface area is 88.3 Å². The first-order chi connectivity index (χ1) is 7.29. The molecule has 1 aromatic heterocycles. The minimum absolute atomic E-state index is 0.287. The topological polar surface area (TPSA) is 49.8 Å². The van der Waals surface area contributed by atoms with Gasteiger partial charge in [-0.05, 0) is 12.3 Å². The highest BCUT2D eigenvalue weighted by molar-refractivity contribution is 5.40. The molecular weight excluding hydrogens is 195 g/mol. The fraction of sp³-hybridized carbons (Fsp3) is 0.600. The van der Waals surface area contributed by atoms with Crippen LogP contribution in [0.15, 0.2) is 6.20 Å². The van der Waals surface area contributed by atoms with Crippen LogP contribution in [0.3, 0.4) is 0 Å². The quantitative estimate of drug-likeness (QED) is 0.779. The van der Waals surface area contributed by atoms with Gasteiger partial charge in [0, 0.05) is 13.6 Å². The minimum atomic E-state index is -0.398. The summed E-state index contributed by atoms with van der Waals surface area (Å²) in [7, 11) is 1.71. The molecule has 1 aliphatic rings. The summed E-state index contributed by atoms with van der Waals surface area (Å²) < 4.78 is 13.2. The van der Waals surface area contributed by atoms with Gasteiger partial charge in [0.15, 0.2) is 11.6 Å². The van der Waals surface area contributed by atoms with Gasteiger partial charge in [0.25, 0.3) is 0 Å². The number of rotatable bonds is 5. The van der Waals surface area contributed by atoms with Gasteiger partial charge in [-0.15, -0.1) is 0 Å². The summed E-state index contributed by atoms with van der Waals surface area (Å²) in [6.07, 6.45) is 4.90.